The second-order valence-corrected chi connectivity index (χ2v) is 8.07. The van der Waals surface area contributed by atoms with Crippen LogP contribution in [0.15, 0.2) is 49.1 Å². The molecule has 4 rings (SSSR count). The molecule has 0 fully saturated rings. The summed E-state index contributed by atoms with van der Waals surface area (Å²) in [7, 11) is 1.25. The number of carbonyl (C=O) groups excluding carboxylic acids is 3. The van der Waals surface area contributed by atoms with Gasteiger partial charge in [0.1, 0.15) is 10.2 Å². The summed E-state index contributed by atoms with van der Waals surface area (Å²) in [5.74, 6) is -1.87. The van der Waals surface area contributed by atoms with Gasteiger partial charge in [0.25, 0.3) is 0 Å². The Bertz CT molecular complexity index is 1350. The Morgan fingerprint density at radius 3 is 2.52 bits per heavy atom. The molecule has 2 N–H and O–H groups in total. The van der Waals surface area contributed by atoms with Crippen LogP contribution < -0.4 is 16.3 Å². The van der Waals surface area contributed by atoms with E-state index < -0.39 is 23.1 Å². The zero-order valence-electron chi connectivity index (χ0n) is 17.8. The van der Waals surface area contributed by atoms with E-state index in [2.05, 4.69) is 9.97 Å². The van der Waals surface area contributed by atoms with Crippen molar-refractivity contribution in [2.24, 2.45) is 0 Å². The molecular weight excluding hydrogens is 444 g/mol. The average molecular weight is 465 g/mol. The Morgan fingerprint density at radius 1 is 1.18 bits per heavy atom. The Kier molecular flexibility index (Phi) is 6.27. The number of anilines is 1. The van der Waals surface area contributed by atoms with Gasteiger partial charge in [-0.3, -0.25) is 19.3 Å². The minimum absolute atomic E-state index is 0.0227. The summed E-state index contributed by atoms with van der Waals surface area (Å²) in [4.78, 5) is 47.7. The molecule has 1 aliphatic heterocycles. The van der Waals surface area contributed by atoms with Gasteiger partial charge in [0.15, 0.2) is 5.69 Å². The number of aromatic nitrogens is 3. The van der Waals surface area contributed by atoms with Gasteiger partial charge in [0.05, 0.1) is 24.8 Å². The first-order valence-corrected chi connectivity index (χ1v) is 10.9. The van der Waals surface area contributed by atoms with Crippen molar-refractivity contribution < 1.29 is 23.9 Å². The molecule has 9 nitrogen and oxygen atoms in total. The number of pyridine rings is 2. The lowest BCUT2D eigenvalue weighted by atomic mass is 10.2. The van der Waals surface area contributed by atoms with Crippen LogP contribution in [0.25, 0.3) is 11.0 Å². The number of thioether (sulfide) groups is 1. The highest BCUT2D eigenvalue weighted by molar-refractivity contribution is 8.10. The lowest BCUT2D eigenvalue weighted by Crippen LogP contribution is -2.42. The van der Waals surface area contributed by atoms with E-state index in [1.165, 1.54) is 13.3 Å². The van der Waals surface area contributed by atoms with Crippen molar-refractivity contribution in [1.82, 2.24) is 14.5 Å². The van der Waals surface area contributed by atoms with Gasteiger partial charge in [-0.05, 0) is 36.3 Å². The summed E-state index contributed by atoms with van der Waals surface area (Å²) in [6, 6.07) is 6.94. The van der Waals surface area contributed by atoms with Gasteiger partial charge in [-0.15, -0.1) is 0 Å². The molecule has 0 radical (unpaired) electrons. The van der Waals surface area contributed by atoms with Crippen LogP contribution in [0.3, 0.4) is 0 Å². The summed E-state index contributed by atoms with van der Waals surface area (Å²) in [6.07, 6.45) is 8.00. The first-order valence-electron chi connectivity index (χ1n) is 10.00. The maximum atomic E-state index is 13.7. The fourth-order valence-electron chi connectivity index (χ4n) is 3.55. The monoisotopic (exact) mass is 464 g/mol. The van der Waals surface area contributed by atoms with Crippen LogP contribution in [-0.2, 0) is 14.3 Å². The smallest absolute Gasteiger partial charge is 0.357 e. The van der Waals surface area contributed by atoms with Crippen molar-refractivity contribution in [2.45, 2.75) is 12.2 Å². The van der Waals surface area contributed by atoms with Crippen molar-refractivity contribution in [3.63, 3.8) is 0 Å². The van der Waals surface area contributed by atoms with Crippen LogP contribution in [0.2, 0.25) is 0 Å². The fourth-order valence-corrected chi connectivity index (χ4v) is 4.76. The van der Waals surface area contributed by atoms with Gasteiger partial charge >= 0.3 is 11.9 Å². The van der Waals surface area contributed by atoms with E-state index in [-0.39, 0.29) is 28.2 Å². The van der Waals surface area contributed by atoms with Gasteiger partial charge in [-0.1, -0.05) is 23.9 Å². The van der Waals surface area contributed by atoms with Crippen molar-refractivity contribution in [3.05, 3.63) is 76.4 Å². The van der Waals surface area contributed by atoms with Crippen LogP contribution in [-0.4, -0.2) is 46.1 Å². The van der Waals surface area contributed by atoms with E-state index in [0.29, 0.717) is 16.3 Å². The summed E-state index contributed by atoms with van der Waals surface area (Å²) < 4.78 is 11.4. The molecule has 0 spiro atoms. The van der Waals surface area contributed by atoms with Gasteiger partial charge < -0.3 is 15.2 Å². The molecule has 3 aromatic rings. The standard InChI is InChI=1S/C23H20N4O5S/c1-3-32-22(29)18-16(24)15(10-13-6-4-8-25-11-13)17-20(23(30)31-2)33-19(21(28)27(17)18)14-7-5-9-26-12-14/h4-12,19H,3,24H2,1-2H3/b15-10+/t19-/m1/s1. The highest BCUT2D eigenvalue weighted by atomic mass is 32.2. The maximum Gasteiger partial charge on any atom is 0.357 e. The molecule has 1 atom stereocenters. The molecule has 33 heavy (non-hydrogen) atoms. The molecule has 1 aliphatic rings. The summed E-state index contributed by atoms with van der Waals surface area (Å²) in [5, 5.41) is -0.329. The van der Waals surface area contributed by atoms with Gasteiger partial charge in [0, 0.05) is 30.0 Å². The molecular formula is C23H20N4O5S. The normalized spacial score (nSPS) is 15.8. The highest BCUT2D eigenvalue weighted by Gasteiger charge is 2.38. The Balaban J connectivity index is 2.11. The lowest BCUT2D eigenvalue weighted by Gasteiger charge is -2.23. The number of fused-ring (bicyclic) bond motifs is 1. The number of nitrogens with zero attached hydrogens (tertiary/aromatic N) is 3. The third-order valence-corrected chi connectivity index (χ3v) is 6.27. The molecule has 0 saturated heterocycles. The van der Waals surface area contributed by atoms with E-state index in [0.717, 1.165) is 16.3 Å². The highest BCUT2D eigenvalue weighted by Crippen LogP contribution is 2.39. The predicted octanol–water partition coefficient (Wildman–Crippen LogP) is 1.28. The summed E-state index contributed by atoms with van der Waals surface area (Å²) in [5.41, 5.74) is 7.53. The Labute approximate surface area is 192 Å². The maximum absolute atomic E-state index is 13.7. The van der Waals surface area contributed by atoms with E-state index >= 15 is 0 Å². The Hall–Kier alpha value is -3.92. The van der Waals surface area contributed by atoms with Crippen LogP contribution in [0, 0.1) is 0 Å². The molecule has 0 amide bonds. The number of esters is 2. The first-order chi connectivity index (χ1) is 16.0. The number of hydrogen-bond donors (Lipinski definition) is 1. The van der Waals surface area contributed by atoms with Crippen molar-refractivity contribution >= 4 is 46.3 Å². The van der Waals surface area contributed by atoms with Crippen molar-refractivity contribution in [3.8, 4) is 0 Å². The number of nitrogens with two attached hydrogens (primary N) is 1. The van der Waals surface area contributed by atoms with Crippen molar-refractivity contribution in [2.75, 3.05) is 19.5 Å². The number of nitrogen functional groups attached to an aromatic ring is 1. The minimum Gasteiger partial charge on any atom is -0.465 e. The van der Waals surface area contributed by atoms with Gasteiger partial charge in [-0.2, -0.15) is 0 Å². The zero-order chi connectivity index (χ0) is 23.5. The largest absolute Gasteiger partial charge is 0.465 e. The molecule has 0 saturated carbocycles. The molecule has 168 valence electrons. The molecule has 0 unspecified atom stereocenters. The van der Waals surface area contributed by atoms with E-state index in [4.69, 9.17) is 15.2 Å². The third-order valence-electron chi connectivity index (χ3n) is 4.97. The first kappa shape index (κ1) is 22.3. The fraction of sp³-hybridized carbons (Fsp3) is 0.174. The molecule has 0 aliphatic carbocycles. The van der Waals surface area contributed by atoms with E-state index in [1.54, 1.807) is 55.9 Å². The zero-order valence-corrected chi connectivity index (χ0v) is 18.7. The molecule has 4 heterocycles. The number of carbonyl (C=O) groups is 3. The average Bonchev–Trinajstić information content (AvgIpc) is 3.13. The Morgan fingerprint density at radius 2 is 1.91 bits per heavy atom. The number of rotatable bonds is 5. The van der Waals surface area contributed by atoms with E-state index in [9.17, 15) is 14.4 Å². The summed E-state index contributed by atoms with van der Waals surface area (Å²) >= 11 is 1.03. The number of ether oxygens (including phenoxy) is 2. The van der Waals surface area contributed by atoms with Crippen molar-refractivity contribution in [1.29, 1.82) is 0 Å². The molecule has 0 bridgehead atoms. The minimum atomic E-state index is -0.841. The topological polar surface area (TPSA) is 126 Å². The molecule has 3 aromatic heterocycles. The second-order valence-electron chi connectivity index (χ2n) is 6.95. The van der Waals surface area contributed by atoms with Gasteiger partial charge in [-0.25, -0.2) is 9.59 Å². The third kappa shape index (κ3) is 4.00. The number of hydrogen-bond acceptors (Lipinski definition) is 9. The SMILES string of the molecule is CCOC(=O)c1c(N)/c(=C\c2cccnc2)c2n1C(=O)[C@@H](c1cccnc1)SC=2C(=O)OC. The second kappa shape index (κ2) is 9.29. The summed E-state index contributed by atoms with van der Waals surface area (Å²) in [6.45, 7) is 1.74. The van der Waals surface area contributed by atoms with Gasteiger partial charge in [0.2, 0.25) is 5.91 Å². The lowest BCUT2D eigenvalue weighted by molar-refractivity contribution is -0.133. The van der Waals surface area contributed by atoms with E-state index in [1.807, 2.05) is 0 Å². The number of methoxy groups -OCH3 is 1. The quantitative estimate of drug-likeness (QED) is 0.556. The van der Waals surface area contributed by atoms with Crippen LogP contribution in [0.5, 0.6) is 0 Å². The predicted molar refractivity (Wildman–Crippen MR) is 122 cm³/mol. The molecule has 10 heteroatoms. The molecule has 0 aromatic carbocycles. The van der Waals surface area contributed by atoms with Crippen LogP contribution in [0.1, 0.15) is 38.6 Å². The van der Waals surface area contributed by atoms with Crippen LogP contribution in [0.4, 0.5) is 5.69 Å². The van der Waals surface area contributed by atoms with Crippen LogP contribution >= 0.6 is 11.8 Å².